The Kier molecular flexibility index (Phi) is 16.9. The number of hydrogen-bond donors (Lipinski definition) is 0. The van der Waals surface area contributed by atoms with E-state index in [1.165, 1.54) is 0 Å². The predicted molar refractivity (Wildman–Crippen MR) is 75.9 cm³/mol. The first-order chi connectivity index (χ1) is 8.18. The summed E-state index contributed by atoms with van der Waals surface area (Å²) in [5.41, 5.74) is 0. The smallest absolute Gasteiger partial charge is 0.287 e. The Bertz CT molecular complexity index is 181. The SMILES string of the molecule is CCCCOP(=O)(OCCCC)OCCCC.[Sn]. The van der Waals surface area contributed by atoms with Crippen molar-refractivity contribution in [1.29, 1.82) is 0 Å². The van der Waals surface area contributed by atoms with Crippen LogP contribution in [0.5, 0.6) is 0 Å². The van der Waals surface area contributed by atoms with Gasteiger partial charge in [0.15, 0.2) is 0 Å². The molecule has 0 aromatic rings. The zero-order chi connectivity index (χ0) is 13.0. The zero-order valence-electron chi connectivity index (χ0n) is 11.9. The second-order valence-electron chi connectivity index (χ2n) is 4.01. The van der Waals surface area contributed by atoms with E-state index in [4.69, 9.17) is 13.6 Å². The van der Waals surface area contributed by atoms with Gasteiger partial charge in [-0.05, 0) is 19.3 Å². The van der Waals surface area contributed by atoms with Crippen molar-refractivity contribution in [3.8, 4) is 0 Å². The van der Waals surface area contributed by atoms with Crippen LogP contribution in [0.1, 0.15) is 59.3 Å². The first kappa shape index (κ1) is 21.2. The van der Waals surface area contributed by atoms with Gasteiger partial charge >= 0.3 is 7.82 Å². The zero-order valence-corrected chi connectivity index (χ0v) is 15.7. The molecule has 0 aliphatic carbocycles. The number of phosphoric acid groups is 1. The van der Waals surface area contributed by atoms with Crippen LogP contribution in [0, 0.1) is 0 Å². The molecule has 0 saturated heterocycles. The minimum atomic E-state index is -3.31. The standard InChI is InChI=1S/C12H27O4P.Sn/c1-4-7-10-14-17(13,15-11-8-5-2)16-12-9-6-3;/h4-12H2,1-3H3;. The summed E-state index contributed by atoms with van der Waals surface area (Å²) < 4.78 is 28.0. The minimum Gasteiger partial charge on any atom is -0.287 e. The quantitative estimate of drug-likeness (QED) is 0.288. The molecule has 0 bridgehead atoms. The van der Waals surface area contributed by atoms with Gasteiger partial charge in [0, 0.05) is 23.9 Å². The molecule has 0 aromatic heterocycles. The average molecular weight is 385 g/mol. The monoisotopic (exact) mass is 386 g/mol. The largest absolute Gasteiger partial charge is 0.474 e. The summed E-state index contributed by atoms with van der Waals surface area (Å²) >= 11 is 0. The van der Waals surface area contributed by atoms with Crippen LogP contribution in [0.25, 0.3) is 0 Å². The van der Waals surface area contributed by atoms with Crippen LogP contribution in [0.15, 0.2) is 0 Å². The van der Waals surface area contributed by atoms with Crippen molar-refractivity contribution < 1.29 is 18.1 Å². The number of rotatable bonds is 12. The Morgan fingerprint density at radius 3 is 1.22 bits per heavy atom. The Balaban J connectivity index is 0. The third-order valence-electron chi connectivity index (χ3n) is 2.24. The summed E-state index contributed by atoms with van der Waals surface area (Å²) in [5.74, 6) is 0. The topological polar surface area (TPSA) is 44.8 Å². The first-order valence-corrected chi connectivity index (χ1v) is 8.18. The molecule has 0 atom stereocenters. The van der Waals surface area contributed by atoms with Crippen molar-refractivity contribution in [3.05, 3.63) is 0 Å². The molecule has 4 radical (unpaired) electrons. The van der Waals surface area contributed by atoms with E-state index in [0.717, 1.165) is 38.5 Å². The summed E-state index contributed by atoms with van der Waals surface area (Å²) in [4.78, 5) is 0. The molecule has 0 N–H and O–H groups in total. The first-order valence-electron chi connectivity index (χ1n) is 6.72. The van der Waals surface area contributed by atoms with E-state index in [9.17, 15) is 4.57 Å². The molecule has 0 spiro atoms. The van der Waals surface area contributed by atoms with Gasteiger partial charge in [-0.25, -0.2) is 4.57 Å². The van der Waals surface area contributed by atoms with Crippen molar-refractivity contribution in [3.63, 3.8) is 0 Å². The summed E-state index contributed by atoms with van der Waals surface area (Å²) in [6, 6.07) is 0. The van der Waals surface area contributed by atoms with E-state index < -0.39 is 7.82 Å². The molecule has 4 nitrogen and oxygen atoms in total. The molecular formula is C12H27O4PSn. The molecule has 0 heterocycles. The molecule has 0 saturated carbocycles. The van der Waals surface area contributed by atoms with Crippen LogP contribution in [-0.2, 0) is 18.1 Å². The molecule has 0 unspecified atom stereocenters. The van der Waals surface area contributed by atoms with Crippen LogP contribution in [0.4, 0.5) is 0 Å². The van der Waals surface area contributed by atoms with E-state index in [1.807, 2.05) is 0 Å². The number of hydrogen-bond acceptors (Lipinski definition) is 4. The molecule has 0 aromatic carbocycles. The third-order valence-corrected chi connectivity index (χ3v) is 3.74. The maximum Gasteiger partial charge on any atom is 0.474 e. The van der Waals surface area contributed by atoms with Gasteiger partial charge in [-0.15, -0.1) is 0 Å². The van der Waals surface area contributed by atoms with Gasteiger partial charge in [0.05, 0.1) is 19.8 Å². The molecule has 0 fully saturated rings. The molecule has 0 rings (SSSR count). The number of unbranched alkanes of at least 4 members (excludes halogenated alkanes) is 3. The fourth-order valence-electron chi connectivity index (χ4n) is 1.07. The van der Waals surface area contributed by atoms with E-state index in [1.54, 1.807) is 0 Å². The second kappa shape index (κ2) is 14.3. The van der Waals surface area contributed by atoms with Gasteiger partial charge < -0.3 is 0 Å². The van der Waals surface area contributed by atoms with Gasteiger partial charge in [0.25, 0.3) is 0 Å². The Morgan fingerprint density at radius 2 is 1.00 bits per heavy atom. The molecule has 0 aliphatic rings. The third kappa shape index (κ3) is 12.0. The van der Waals surface area contributed by atoms with Crippen LogP contribution >= 0.6 is 7.82 Å². The van der Waals surface area contributed by atoms with Gasteiger partial charge in [0.2, 0.25) is 0 Å². The summed E-state index contributed by atoms with van der Waals surface area (Å²) in [6.07, 6.45) is 5.63. The van der Waals surface area contributed by atoms with Crippen LogP contribution in [0.3, 0.4) is 0 Å². The van der Waals surface area contributed by atoms with E-state index in [-0.39, 0.29) is 23.9 Å². The summed E-state index contributed by atoms with van der Waals surface area (Å²) in [7, 11) is -3.31. The van der Waals surface area contributed by atoms with Crippen molar-refractivity contribution in [2.75, 3.05) is 19.8 Å². The summed E-state index contributed by atoms with van der Waals surface area (Å²) in [5, 5.41) is 0. The maximum atomic E-state index is 12.2. The van der Waals surface area contributed by atoms with Gasteiger partial charge in [0.1, 0.15) is 0 Å². The molecule has 18 heavy (non-hydrogen) atoms. The molecule has 6 heteroatoms. The normalized spacial score (nSPS) is 11.3. The Labute approximate surface area is 129 Å². The van der Waals surface area contributed by atoms with Gasteiger partial charge in [-0.3, -0.25) is 13.6 Å². The van der Waals surface area contributed by atoms with Crippen LogP contribution in [-0.4, -0.2) is 43.7 Å². The molecular weight excluding hydrogens is 358 g/mol. The van der Waals surface area contributed by atoms with Gasteiger partial charge in [-0.2, -0.15) is 0 Å². The molecule has 0 aliphatic heterocycles. The van der Waals surface area contributed by atoms with Crippen LogP contribution in [0.2, 0.25) is 0 Å². The Morgan fingerprint density at radius 1 is 0.722 bits per heavy atom. The van der Waals surface area contributed by atoms with E-state index in [0.29, 0.717) is 19.8 Å². The summed E-state index contributed by atoms with van der Waals surface area (Å²) in [6.45, 7) is 7.49. The fourth-order valence-corrected chi connectivity index (χ4v) is 2.36. The van der Waals surface area contributed by atoms with Crippen molar-refractivity contribution in [2.24, 2.45) is 0 Å². The maximum absolute atomic E-state index is 12.2. The van der Waals surface area contributed by atoms with E-state index >= 15 is 0 Å². The van der Waals surface area contributed by atoms with E-state index in [2.05, 4.69) is 20.8 Å². The second-order valence-corrected chi connectivity index (χ2v) is 5.68. The minimum absolute atomic E-state index is 0. The Hall–Kier alpha value is 0.909. The van der Waals surface area contributed by atoms with Gasteiger partial charge in [-0.1, -0.05) is 40.0 Å². The van der Waals surface area contributed by atoms with Crippen molar-refractivity contribution in [2.45, 2.75) is 59.3 Å². The predicted octanol–water partition coefficient (Wildman–Crippen LogP) is 4.16. The fraction of sp³-hybridized carbons (Fsp3) is 1.00. The molecule has 108 valence electrons. The number of phosphoric ester groups is 1. The molecule has 0 amide bonds. The average Bonchev–Trinajstić information content (AvgIpc) is 2.30. The van der Waals surface area contributed by atoms with Crippen molar-refractivity contribution >= 4 is 31.7 Å². The van der Waals surface area contributed by atoms with Crippen molar-refractivity contribution in [1.82, 2.24) is 0 Å². The van der Waals surface area contributed by atoms with Crippen LogP contribution < -0.4 is 0 Å².